The average Bonchev–Trinajstić information content (AvgIpc) is 2.14. The van der Waals surface area contributed by atoms with Crippen LogP contribution in [-0.2, 0) is 16.5 Å². The van der Waals surface area contributed by atoms with E-state index in [4.69, 9.17) is 4.55 Å². The molecule has 0 fully saturated rings. The molecular formula is C9H16N2O3S. The molecule has 0 spiro atoms. The maximum Gasteiger partial charge on any atom is 0.261 e. The first-order valence-corrected chi connectivity index (χ1v) is 6.25. The molecule has 1 rings (SSSR count). The Balaban J connectivity index is 0.000000336. The van der Waals surface area contributed by atoms with Gasteiger partial charge in [-0.3, -0.25) is 9.54 Å². The number of nitrogens with one attached hydrogen (secondary N) is 1. The van der Waals surface area contributed by atoms with Crippen molar-refractivity contribution in [2.24, 2.45) is 0 Å². The summed E-state index contributed by atoms with van der Waals surface area (Å²) in [4.78, 5) is 4.18. The second-order valence-corrected chi connectivity index (χ2v) is 4.37. The van der Waals surface area contributed by atoms with Crippen molar-refractivity contribution in [3.63, 3.8) is 0 Å². The minimum Gasteiger partial charge on any atom is -0.319 e. The first-order chi connectivity index (χ1) is 6.93. The normalized spacial score (nSPS) is 10.3. The summed E-state index contributed by atoms with van der Waals surface area (Å²) in [6, 6.07) is 5.98. The molecule has 0 aliphatic rings. The maximum absolute atomic E-state index is 9.19. The van der Waals surface area contributed by atoms with Gasteiger partial charge < -0.3 is 5.32 Å². The van der Waals surface area contributed by atoms with Crippen molar-refractivity contribution in [1.82, 2.24) is 10.3 Å². The standard InChI is InChI=1S/C8H12N2.CH4O3S/c1-9-7-5-8-4-2-3-6-10-8;1-5(2,3)4/h2-4,6,9H,5,7H2,1H3;1H3,(H,2,3,4). The first-order valence-electron chi connectivity index (χ1n) is 4.40. The highest BCUT2D eigenvalue weighted by Gasteiger charge is 1.88. The molecule has 0 aliphatic heterocycles. The van der Waals surface area contributed by atoms with Crippen molar-refractivity contribution in [3.8, 4) is 0 Å². The van der Waals surface area contributed by atoms with Crippen LogP contribution in [0.25, 0.3) is 0 Å². The molecule has 0 unspecified atom stereocenters. The van der Waals surface area contributed by atoms with Crippen LogP contribution in [0.5, 0.6) is 0 Å². The van der Waals surface area contributed by atoms with E-state index in [1.165, 1.54) is 0 Å². The smallest absolute Gasteiger partial charge is 0.261 e. The minimum absolute atomic E-state index is 0.715. The van der Waals surface area contributed by atoms with Crippen molar-refractivity contribution < 1.29 is 13.0 Å². The van der Waals surface area contributed by atoms with Crippen LogP contribution in [0.4, 0.5) is 0 Å². The Morgan fingerprint density at radius 3 is 2.47 bits per heavy atom. The molecule has 0 aromatic carbocycles. The predicted octanol–water partition coefficient (Wildman–Crippen LogP) is 0.348. The summed E-state index contributed by atoms with van der Waals surface area (Å²) in [6.45, 7) is 0.997. The third-order valence-electron chi connectivity index (χ3n) is 1.36. The van der Waals surface area contributed by atoms with Gasteiger partial charge in [0.1, 0.15) is 0 Å². The lowest BCUT2D eigenvalue weighted by Crippen LogP contribution is -2.10. The molecule has 15 heavy (non-hydrogen) atoms. The van der Waals surface area contributed by atoms with Crippen LogP contribution in [0.15, 0.2) is 24.4 Å². The van der Waals surface area contributed by atoms with E-state index in [1.54, 1.807) is 0 Å². The third-order valence-corrected chi connectivity index (χ3v) is 1.36. The van der Waals surface area contributed by atoms with Gasteiger partial charge in [-0.1, -0.05) is 6.07 Å². The molecule has 0 amide bonds. The van der Waals surface area contributed by atoms with Gasteiger partial charge >= 0.3 is 0 Å². The molecule has 1 heterocycles. The molecule has 6 heteroatoms. The van der Waals surface area contributed by atoms with E-state index in [2.05, 4.69) is 10.3 Å². The summed E-state index contributed by atoms with van der Waals surface area (Å²) in [5.74, 6) is 0. The summed E-state index contributed by atoms with van der Waals surface area (Å²) in [7, 11) is -1.72. The van der Waals surface area contributed by atoms with E-state index < -0.39 is 10.1 Å². The van der Waals surface area contributed by atoms with Gasteiger partial charge in [0.25, 0.3) is 10.1 Å². The van der Waals surface area contributed by atoms with Crippen LogP contribution < -0.4 is 5.32 Å². The van der Waals surface area contributed by atoms with Gasteiger partial charge in [-0.05, 0) is 19.2 Å². The average molecular weight is 232 g/mol. The molecular weight excluding hydrogens is 216 g/mol. The summed E-state index contributed by atoms with van der Waals surface area (Å²) in [5, 5.41) is 3.08. The summed E-state index contributed by atoms with van der Waals surface area (Å²) in [5.41, 5.74) is 1.15. The van der Waals surface area contributed by atoms with Crippen molar-refractivity contribution in [2.75, 3.05) is 19.8 Å². The number of hydrogen-bond acceptors (Lipinski definition) is 4. The molecule has 0 bridgehead atoms. The van der Waals surface area contributed by atoms with Crippen LogP contribution >= 0.6 is 0 Å². The number of hydrogen-bond donors (Lipinski definition) is 2. The van der Waals surface area contributed by atoms with Gasteiger partial charge in [0.2, 0.25) is 0 Å². The zero-order valence-corrected chi connectivity index (χ0v) is 9.66. The van der Waals surface area contributed by atoms with E-state index in [0.717, 1.165) is 18.7 Å². The minimum atomic E-state index is -3.67. The number of pyridine rings is 1. The lowest BCUT2D eigenvalue weighted by Gasteiger charge is -1.96. The van der Waals surface area contributed by atoms with Crippen LogP contribution in [-0.4, -0.2) is 37.8 Å². The van der Waals surface area contributed by atoms with Gasteiger partial charge in [0.15, 0.2) is 0 Å². The molecule has 2 N–H and O–H groups in total. The number of nitrogens with zero attached hydrogens (tertiary/aromatic N) is 1. The van der Waals surface area contributed by atoms with E-state index in [9.17, 15) is 8.42 Å². The fourth-order valence-electron chi connectivity index (χ4n) is 0.799. The fourth-order valence-corrected chi connectivity index (χ4v) is 0.799. The van der Waals surface area contributed by atoms with Gasteiger partial charge in [-0.25, -0.2) is 0 Å². The highest BCUT2D eigenvalue weighted by molar-refractivity contribution is 7.85. The van der Waals surface area contributed by atoms with Crippen LogP contribution in [0, 0.1) is 0 Å². The van der Waals surface area contributed by atoms with Gasteiger partial charge in [0, 0.05) is 24.9 Å². The second kappa shape index (κ2) is 7.33. The Hall–Kier alpha value is -0.980. The second-order valence-electron chi connectivity index (χ2n) is 2.91. The molecule has 0 aliphatic carbocycles. The van der Waals surface area contributed by atoms with E-state index in [1.807, 2.05) is 31.4 Å². The fraction of sp³-hybridized carbons (Fsp3) is 0.444. The molecule has 86 valence electrons. The number of aromatic nitrogens is 1. The van der Waals surface area contributed by atoms with E-state index in [-0.39, 0.29) is 0 Å². The SMILES string of the molecule is CNCCc1ccccn1.CS(=O)(=O)O. The first kappa shape index (κ1) is 14.0. The Labute approximate surface area is 90.3 Å². The van der Waals surface area contributed by atoms with Crippen LogP contribution in [0.2, 0.25) is 0 Å². The number of likely N-dealkylation sites (N-methyl/N-ethyl adjacent to an activating group) is 1. The van der Waals surface area contributed by atoms with Crippen molar-refractivity contribution in [1.29, 1.82) is 0 Å². The van der Waals surface area contributed by atoms with Gasteiger partial charge in [-0.2, -0.15) is 8.42 Å². The number of rotatable bonds is 3. The highest BCUT2D eigenvalue weighted by atomic mass is 32.2. The monoisotopic (exact) mass is 232 g/mol. The van der Waals surface area contributed by atoms with E-state index in [0.29, 0.717) is 6.26 Å². The predicted molar refractivity (Wildman–Crippen MR) is 59.3 cm³/mol. The molecule has 5 nitrogen and oxygen atoms in total. The Kier molecular flexibility index (Phi) is 6.85. The van der Waals surface area contributed by atoms with Crippen molar-refractivity contribution >= 4 is 10.1 Å². The molecule has 0 atom stereocenters. The third kappa shape index (κ3) is 13.0. The Morgan fingerprint density at radius 2 is 2.07 bits per heavy atom. The molecule has 1 aromatic rings. The van der Waals surface area contributed by atoms with Crippen LogP contribution in [0.3, 0.4) is 0 Å². The summed E-state index contributed by atoms with van der Waals surface area (Å²) < 4.78 is 25.9. The van der Waals surface area contributed by atoms with Crippen molar-refractivity contribution in [2.45, 2.75) is 6.42 Å². The molecule has 1 aromatic heterocycles. The lowest BCUT2D eigenvalue weighted by molar-refractivity contribution is 0.490. The van der Waals surface area contributed by atoms with Crippen LogP contribution in [0.1, 0.15) is 5.69 Å². The zero-order valence-electron chi connectivity index (χ0n) is 8.84. The highest BCUT2D eigenvalue weighted by Crippen LogP contribution is 1.92. The van der Waals surface area contributed by atoms with Gasteiger partial charge in [0.05, 0.1) is 6.26 Å². The summed E-state index contributed by atoms with van der Waals surface area (Å²) in [6.07, 6.45) is 3.55. The zero-order chi connectivity index (χ0) is 11.7. The van der Waals surface area contributed by atoms with Gasteiger partial charge in [-0.15, -0.1) is 0 Å². The Morgan fingerprint density at radius 1 is 1.47 bits per heavy atom. The maximum atomic E-state index is 9.19. The quantitative estimate of drug-likeness (QED) is 0.735. The largest absolute Gasteiger partial charge is 0.319 e. The Bertz CT molecular complexity index is 343. The topological polar surface area (TPSA) is 79.3 Å². The van der Waals surface area contributed by atoms with E-state index >= 15 is 0 Å². The van der Waals surface area contributed by atoms with Crippen molar-refractivity contribution in [3.05, 3.63) is 30.1 Å². The molecule has 0 radical (unpaired) electrons. The molecule has 0 saturated heterocycles. The molecule has 0 saturated carbocycles. The summed E-state index contributed by atoms with van der Waals surface area (Å²) >= 11 is 0. The lowest BCUT2D eigenvalue weighted by atomic mass is 10.3.